The molecule has 3 aromatic carbocycles. The minimum absolute atomic E-state index is 0.122. The monoisotopic (exact) mass is 544 g/mol. The Hall–Kier alpha value is -4.21. The summed E-state index contributed by atoms with van der Waals surface area (Å²) >= 11 is 0. The minimum atomic E-state index is -0.461. The Morgan fingerprint density at radius 1 is 0.850 bits per heavy atom. The van der Waals surface area contributed by atoms with Crippen molar-refractivity contribution >= 4 is 11.0 Å². The van der Waals surface area contributed by atoms with Gasteiger partial charge in [-0.05, 0) is 60.0 Å². The Labute approximate surface area is 232 Å². The smallest absolute Gasteiger partial charge is 0.344 e. The Bertz CT molecular complexity index is 1620. The van der Waals surface area contributed by atoms with E-state index in [0.29, 0.717) is 40.3 Å². The summed E-state index contributed by atoms with van der Waals surface area (Å²) in [4.78, 5) is 18.0. The van der Waals surface area contributed by atoms with Gasteiger partial charge in [-0.2, -0.15) is 0 Å². The van der Waals surface area contributed by atoms with Crippen molar-refractivity contribution in [2.24, 2.45) is 0 Å². The van der Waals surface area contributed by atoms with Crippen LogP contribution in [-0.2, 0) is 13.1 Å². The maximum absolute atomic E-state index is 13.3. The second-order valence-corrected chi connectivity index (χ2v) is 10.1. The first kappa shape index (κ1) is 26.0. The van der Waals surface area contributed by atoms with Gasteiger partial charge in [-0.15, -0.1) is 0 Å². The van der Waals surface area contributed by atoms with Gasteiger partial charge in [0.2, 0.25) is 6.79 Å². The van der Waals surface area contributed by atoms with Gasteiger partial charge in [0.1, 0.15) is 11.3 Å². The Kier molecular flexibility index (Phi) is 7.00. The molecule has 1 aromatic heterocycles. The average Bonchev–Trinajstić information content (AvgIpc) is 3.43. The molecule has 0 radical (unpaired) electrons. The second-order valence-electron chi connectivity index (χ2n) is 10.1. The lowest BCUT2D eigenvalue weighted by Crippen LogP contribution is -2.45. The number of ether oxygens (including phenoxy) is 4. The number of phenolic OH excluding ortho intramolecular Hbond substituents is 1. The second kappa shape index (κ2) is 10.7. The predicted molar refractivity (Wildman–Crippen MR) is 151 cm³/mol. The van der Waals surface area contributed by atoms with Gasteiger partial charge in [-0.25, -0.2) is 4.79 Å². The number of methoxy groups -OCH3 is 2. The van der Waals surface area contributed by atoms with E-state index in [1.165, 1.54) is 5.56 Å². The maximum Gasteiger partial charge on any atom is 0.344 e. The molecule has 208 valence electrons. The van der Waals surface area contributed by atoms with Crippen molar-refractivity contribution in [1.29, 1.82) is 0 Å². The Morgan fingerprint density at radius 2 is 1.57 bits per heavy atom. The van der Waals surface area contributed by atoms with Crippen molar-refractivity contribution in [3.05, 3.63) is 75.6 Å². The van der Waals surface area contributed by atoms with E-state index < -0.39 is 5.63 Å². The van der Waals surface area contributed by atoms with E-state index in [9.17, 15) is 9.90 Å². The highest BCUT2D eigenvalue weighted by molar-refractivity contribution is 5.90. The quantitative estimate of drug-likeness (QED) is 0.337. The molecular formula is C31H32N2O7. The first-order valence-electron chi connectivity index (χ1n) is 13.3. The largest absolute Gasteiger partial charge is 0.507 e. The molecule has 0 saturated carbocycles. The lowest BCUT2D eigenvalue weighted by atomic mass is 9.97. The van der Waals surface area contributed by atoms with Crippen molar-refractivity contribution in [1.82, 2.24) is 9.80 Å². The molecule has 0 amide bonds. The van der Waals surface area contributed by atoms with Crippen LogP contribution >= 0.6 is 0 Å². The van der Waals surface area contributed by atoms with E-state index in [0.717, 1.165) is 55.2 Å². The number of benzene rings is 3. The summed E-state index contributed by atoms with van der Waals surface area (Å²) in [6, 6.07) is 14.9. The van der Waals surface area contributed by atoms with E-state index in [-0.39, 0.29) is 12.5 Å². The zero-order valence-corrected chi connectivity index (χ0v) is 22.9. The van der Waals surface area contributed by atoms with Crippen LogP contribution in [0.3, 0.4) is 0 Å². The highest BCUT2D eigenvalue weighted by Gasteiger charge is 2.23. The van der Waals surface area contributed by atoms with Crippen molar-refractivity contribution in [2.75, 3.05) is 47.2 Å². The lowest BCUT2D eigenvalue weighted by Gasteiger charge is -2.35. The maximum atomic E-state index is 13.3. The summed E-state index contributed by atoms with van der Waals surface area (Å²) < 4.78 is 27.6. The zero-order chi connectivity index (χ0) is 27.8. The number of piperazine rings is 1. The molecule has 2 aliphatic heterocycles. The molecule has 0 aliphatic carbocycles. The van der Waals surface area contributed by atoms with E-state index in [2.05, 4.69) is 15.9 Å². The Morgan fingerprint density at radius 3 is 2.33 bits per heavy atom. The number of hydrogen-bond acceptors (Lipinski definition) is 9. The minimum Gasteiger partial charge on any atom is -0.507 e. The van der Waals surface area contributed by atoms with Crippen LogP contribution < -0.4 is 24.6 Å². The van der Waals surface area contributed by atoms with Gasteiger partial charge in [0.15, 0.2) is 23.0 Å². The summed E-state index contributed by atoms with van der Waals surface area (Å²) in [6.45, 7) is 6.91. The number of phenols is 1. The van der Waals surface area contributed by atoms with Gasteiger partial charge in [-0.1, -0.05) is 12.1 Å². The summed E-state index contributed by atoms with van der Waals surface area (Å²) in [5, 5.41) is 11.6. The van der Waals surface area contributed by atoms with Crippen LogP contribution in [0.2, 0.25) is 0 Å². The molecule has 9 heteroatoms. The third-order valence-electron chi connectivity index (χ3n) is 7.78. The number of rotatable bonds is 7. The van der Waals surface area contributed by atoms with Crippen LogP contribution in [-0.4, -0.2) is 62.1 Å². The third kappa shape index (κ3) is 4.82. The molecule has 3 heterocycles. The molecule has 1 fully saturated rings. The van der Waals surface area contributed by atoms with Crippen molar-refractivity contribution in [3.63, 3.8) is 0 Å². The molecule has 4 aromatic rings. The molecule has 1 saturated heterocycles. The van der Waals surface area contributed by atoms with E-state index >= 15 is 0 Å². The van der Waals surface area contributed by atoms with Crippen LogP contribution in [0.25, 0.3) is 22.1 Å². The van der Waals surface area contributed by atoms with E-state index in [1.54, 1.807) is 38.5 Å². The normalized spacial score (nSPS) is 15.5. The van der Waals surface area contributed by atoms with Gasteiger partial charge in [0.05, 0.1) is 25.3 Å². The SMILES string of the molecule is COc1ccc(-c2c(C)c3ccc(O)c(CN4CCN(Cc5ccc6c(c5)OCO6)CC4)c3oc2=O)cc1OC. The van der Waals surface area contributed by atoms with Crippen molar-refractivity contribution in [2.45, 2.75) is 20.0 Å². The lowest BCUT2D eigenvalue weighted by molar-refractivity contribution is 0.121. The molecule has 2 aliphatic rings. The molecule has 0 atom stereocenters. The summed E-state index contributed by atoms with van der Waals surface area (Å²) in [6.07, 6.45) is 0. The first-order chi connectivity index (χ1) is 19.4. The third-order valence-corrected chi connectivity index (χ3v) is 7.78. The van der Waals surface area contributed by atoms with Crippen molar-refractivity contribution in [3.8, 4) is 39.9 Å². The molecule has 9 nitrogen and oxygen atoms in total. The number of aryl methyl sites for hydroxylation is 1. The van der Waals surface area contributed by atoms with Gasteiger partial charge < -0.3 is 28.5 Å². The highest BCUT2D eigenvalue weighted by atomic mass is 16.7. The number of nitrogens with zero attached hydrogens (tertiary/aromatic N) is 2. The molecule has 40 heavy (non-hydrogen) atoms. The van der Waals surface area contributed by atoms with Crippen LogP contribution in [0.15, 0.2) is 57.7 Å². The van der Waals surface area contributed by atoms with E-state index in [4.69, 9.17) is 23.4 Å². The van der Waals surface area contributed by atoms with E-state index in [1.807, 2.05) is 25.1 Å². The predicted octanol–water partition coefficient (Wildman–Crippen LogP) is 4.54. The standard InChI is InChI=1S/C31H32N2O7/c1-19-22-6-7-24(34)23(30(22)40-31(35)29(19)21-5-9-25(36-2)27(15-21)37-3)17-33-12-10-32(11-13-33)16-20-4-8-26-28(14-20)39-18-38-26/h4-9,14-15,34H,10-13,16-18H2,1-3H3. The Balaban J connectivity index is 1.21. The van der Waals surface area contributed by atoms with Gasteiger partial charge in [-0.3, -0.25) is 9.80 Å². The first-order valence-corrected chi connectivity index (χ1v) is 13.3. The number of aromatic hydroxyl groups is 1. The van der Waals surface area contributed by atoms with Crippen molar-refractivity contribution < 1.29 is 28.5 Å². The summed E-state index contributed by atoms with van der Waals surface area (Å²) in [5.41, 5.74) is 3.70. The molecule has 0 unspecified atom stereocenters. The number of fused-ring (bicyclic) bond motifs is 2. The fourth-order valence-corrected chi connectivity index (χ4v) is 5.57. The fraction of sp³-hybridized carbons (Fsp3) is 0.323. The highest BCUT2D eigenvalue weighted by Crippen LogP contribution is 2.37. The molecule has 0 bridgehead atoms. The van der Waals surface area contributed by atoms with Crippen LogP contribution in [0.5, 0.6) is 28.7 Å². The molecule has 0 spiro atoms. The topological polar surface area (TPSA) is 93.8 Å². The van der Waals surface area contributed by atoms with Gasteiger partial charge in [0.25, 0.3) is 0 Å². The van der Waals surface area contributed by atoms with Crippen LogP contribution in [0.1, 0.15) is 16.7 Å². The molecule has 1 N–H and O–H groups in total. The molecule has 6 rings (SSSR count). The molecular weight excluding hydrogens is 512 g/mol. The van der Waals surface area contributed by atoms with Crippen LogP contribution in [0, 0.1) is 6.92 Å². The van der Waals surface area contributed by atoms with Crippen LogP contribution in [0.4, 0.5) is 0 Å². The van der Waals surface area contributed by atoms with Gasteiger partial charge in [0, 0.05) is 44.7 Å². The zero-order valence-electron chi connectivity index (χ0n) is 22.9. The van der Waals surface area contributed by atoms with Gasteiger partial charge >= 0.3 is 5.63 Å². The fourth-order valence-electron chi connectivity index (χ4n) is 5.57. The summed E-state index contributed by atoms with van der Waals surface area (Å²) in [5.74, 6) is 2.83. The summed E-state index contributed by atoms with van der Waals surface area (Å²) in [7, 11) is 3.13. The number of hydrogen-bond donors (Lipinski definition) is 1. The average molecular weight is 545 g/mol.